The second kappa shape index (κ2) is 5.08. The summed E-state index contributed by atoms with van der Waals surface area (Å²) in [4.78, 5) is 5.03. The summed E-state index contributed by atoms with van der Waals surface area (Å²) in [6.45, 7) is 3.20. The average molecular weight is 341 g/mol. The zero-order valence-corrected chi connectivity index (χ0v) is 14.6. The van der Waals surface area contributed by atoms with E-state index in [0.29, 0.717) is 5.92 Å². The van der Waals surface area contributed by atoms with E-state index in [4.69, 9.17) is 9.41 Å². The Labute approximate surface area is 152 Å². The van der Waals surface area contributed by atoms with E-state index < -0.39 is 0 Å². The van der Waals surface area contributed by atoms with E-state index in [1.807, 2.05) is 6.07 Å². The van der Waals surface area contributed by atoms with Crippen LogP contribution < -0.4 is 0 Å². The van der Waals surface area contributed by atoms with Crippen LogP contribution in [0.1, 0.15) is 47.9 Å². The number of hydrogen-bond acceptors (Lipinski definition) is 4. The monoisotopic (exact) mass is 341 g/mol. The van der Waals surface area contributed by atoms with E-state index in [1.54, 1.807) is 0 Å². The number of furan rings is 1. The Hall–Kier alpha value is -2.85. The number of nitrogens with zero attached hydrogens (tertiary/aromatic N) is 3. The summed E-state index contributed by atoms with van der Waals surface area (Å²) in [5.41, 5.74) is 4.66. The summed E-state index contributed by atoms with van der Waals surface area (Å²) in [5.74, 6) is 2.56. The summed E-state index contributed by atoms with van der Waals surface area (Å²) in [7, 11) is 0. The molecule has 0 radical (unpaired) electrons. The molecule has 1 aromatic heterocycles. The van der Waals surface area contributed by atoms with Crippen LogP contribution in [0.3, 0.4) is 0 Å². The van der Waals surface area contributed by atoms with Crippen LogP contribution in [0.5, 0.6) is 0 Å². The Bertz CT molecular complexity index is 1080. The molecule has 3 aromatic rings. The first-order valence-corrected chi connectivity index (χ1v) is 9.20. The van der Waals surface area contributed by atoms with Gasteiger partial charge in [-0.05, 0) is 18.4 Å². The SMILES string of the molecule is CC1CC=Cc2oc3c(C4N=C(c5ccccc5)N5C[N@@]45)cccc3c21. The zero-order chi connectivity index (χ0) is 17.3. The molecule has 3 atom stereocenters. The lowest BCUT2D eigenvalue weighted by atomic mass is 9.90. The van der Waals surface area contributed by atoms with Crippen LogP contribution in [-0.2, 0) is 0 Å². The number of aliphatic imine (C=N–C) groups is 1. The Morgan fingerprint density at radius 3 is 2.85 bits per heavy atom. The molecule has 0 N–H and O–H groups in total. The molecule has 0 spiro atoms. The molecule has 1 saturated heterocycles. The molecule has 4 nitrogen and oxygen atoms in total. The maximum Gasteiger partial charge on any atom is 0.152 e. The van der Waals surface area contributed by atoms with Crippen molar-refractivity contribution in [3.63, 3.8) is 0 Å². The summed E-state index contributed by atoms with van der Waals surface area (Å²) in [6.07, 6.45) is 5.41. The van der Waals surface area contributed by atoms with Crippen molar-refractivity contribution in [3.8, 4) is 0 Å². The molecule has 3 heterocycles. The van der Waals surface area contributed by atoms with Crippen LogP contribution in [0.25, 0.3) is 17.0 Å². The zero-order valence-electron chi connectivity index (χ0n) is 14.6. The Kier molecular flexibility index (Phi) is 2.80. The molecule has 1 aliphatic carbocycles. The van der Waals surface area contributed by atoms with Crippen molar-refractivity contribution in [2.75, 3.05) is 6.67 Å². The largest absolute Gasteiger partial charge is 0.456 e. The number of fused-ring (bicyclic) bond motifs is 4. The highest BCUT2D eigenvalue weighted by molar-refractivity contribution is 6.01. The van der Waals surface area contributed by atoms with Gasteiger partial charge >= 0.3 is 0 Å². The summed E-state index contributed by atoms with van der Waals surface area (Å²) < 4.78 is 6.31. The van der Waals surface area contributed by atoms with E-state index in [2.05, 4.69) is 71.6 Å². The first-order chi connectivity index (χ1) is 12.8. The van der Waals surface area contributed by atoms with Crippen molar-refractivity contribution < 1.29 is 4.42 Å². The maximum absolute atomic E-state index is 6.31. The third-order valence-electron chi connectivity index (χ3n) is 5.65. The fourth-order valence-electron chi connectivity index (χ4n) is 4.31. The highest BCUT2D eigenvalue weighted by Crippen LogP contribution is 2.45. The van der Waals surface area contributed by atoms with Crippen LogP contribution in [0.15, 0.2) is 64.0 Å². The van der Waals surface area contributed by atoms with Gasteiger partial charge in [-0.2, -0.15) is 5.01 Å². The summed E-state index contributed by atoms with van der Waals surface area (Å²) >= 11 is 0. The first-order valence-electron chi connectivity index (χ1n) is 9.20. The lowest BCUT2D eigenvalue weighted by molar-refractivity contribution is 0.350. The number of benzene rings is 2. The molecule has 2 unspecified atom stereocenters. The molecule has 2 aliphatic heterocycles. The third-order valence-corrected chi connectivity index (χ3v) is 5.65. The molecule has 3 aliphatic rings. The predicted molar refractivity (Wildman–Crippen MR) is 103 cm³/mol. The highest BCUT2D eigenvalue weighted by Gasteiger charge is 2.48. The topological polar surface area (TPSA) is 31.5 Å². The lowest BCUT2D eigenvalue weighted by Gasteiger charge is -2.12. The van der Waals surface area contributed by atoms with E-state index >= 15 is 0 Å². The molecule has 6 rings (SSSR count). The third kappa shape index (κ3) is 1.90. The molecule has 4 heteroatoms. The van der Waals surface area contributed by atoms with Gasteiger partial charge in [0.2, 0.25) is 0 Å². The Morgan fingerprint density at radius 1 is 1.08 bits per heavy atom. The number of hydrogen-bond donors (Lipinski definition) is 0. The minimum absolute atomic E-state index is 0.000736. The van der Waals surface area contributed by atoms with Crippen molar-refractivity contribution in [1.82, 2.24) is 10.0 Å². The van der Waals surface area contributed by atoms with Crippen LogP contribution in [0.4, 0.5) is 0 Å². The lowest BCUT2D eigenvalue weighted by Crippen LogP contribution is -2.10. The van der Waals surface area contributed by atoms with Gasteiger partial charge in [-0.25, -0.2) is 4.99 Å². The van der Waals surface area contributed by atoms with Gasteiger partial charge in [-0.1, -0.05) is 61.5 Å². The Morgan fingerprint density at radius 2 is 1.96 bits per heavy atom. The van der Waals surface area contributed by atoms with Gasteiger partial charge in [0.1, 0.15) is 23.8 Å². The van der Waals surface area contributed by atoms with Gasteiger partial charge in [0, 0.05) is 22.1 Å². The van der Waals surface area contributed by atoms with Crippen molar-refractivity contribution in [2.24, 2.45) is 4.99 Å². The standard InChI is InChI=1S/C22H19N3O/c1-14-7-5-12-18-19(14)16-10-6-11-17(20(16)26-18)22-23-21(24-13-25(22)24)15-8-3-2-4-9-15/h2-6,8-12,14,22H,7,13H2,1H3/t14?,22?,24?,25-/m0/s1. The van der Waals surface area contributed by atoms with Crippen molar-refractivity contribution >= 4 is 22.9 Å². The van der Waals surface area contributed by atoms with Gasteiger partial charge < -0.3 is 4.42 Å². The molecule has 0 amide bonds. The minimum atomic E-state index is 0.000736. The highest BCUT2D eigenvalue weighted by atomic mass is 16.3. The summed E-state index contributed by atoms with van der Waals surface area (Å²) in [5, 5.41) is 5.77. The van der Waals surface area contributed by atoms with Gasteiger partial charge in [-0.3, -0.25) is 5.01 Å². The second-order valence-corrected chi connectivity index (χ2v) is 7.32. The summed E-state index contributed by atoms with van der Waals surface area (Å²) in [6, 6.07) is 16.9. The van der Waals surface area contributed by atoms with E-state index in [9.17, 15) is 0 Å². The fourth-order valence-corrected chi connectivity index (χ4v) is 4.31. The smallest absolute Gasteiger partial charge is 0.152 e. The van der Waals surface area contributed by atoms with Crippen molar-refractivity contribution in [3.05, 3.63) is 77.1 Å². The molecule has 26 heavy (non-hydrogen) atoms. The van der Waals surface area contributed by atoms with Gasteiger partial charge in [-0.15, -0.1) is 0 Å². The first kappa shape index (κ1) is 14.3. The quantitative estimate of drug-likeness (QED) is 0.621. The minimum Gasteiger partial charge on any atom is -0.456 e. The normalized spacial score (nSPS) is 26.0. The average Bonchev–Trinajstić information content (AvgIpc) is 3.21. The van der Waals surface area contributed by atoms with E-state index in [0.717, 1.165) is 35.8 Å². The van der Waals surface area contributed by atoms with Crippen LogP contribution in [0.2, 0.25) is 0 Å². The van der Waals surface area contributed by atoms with Crippen LogP contribution >= 0.6 is 0 Å². The molecular formula is C22H19N3O. The molecular weight excluding hydrogens is 322 g/mol. The van der Waals surface area contributed by atoms with Crippen LogP contribution in [-0.4, -0.2) is 22.5 Å². The second-order valence-electron chi connectivity index (χ2n) is 7.32. The van der Waals surface area contributed by atoms with Crippen molar-refractivity contribution in [2.45, 2.75) is 25.4 Å². The predicted octanol–water partition coefficient (Wildman–Crippen LogP) is 4.90. The van der Waals surface area contributed by atoms with Gasteiger partial charge in [0.25, 0.3) is 0 Å². The van der Waals surface area contributed by atoms with Crippen molar-refractivity contribution in [1.29, 1.82) is 0 Å². The number of para-hydroxylation sites is 1. The fraction of sp³-hybridized carbons (Fsp3) is 0.227. The number of rotatable bonds is 2. The van der Waals surface area contributed by atoms with Gasteiger partial charge in [0.05, 0.1) is 0 Å². The van der Waals surface area contributed by atoms with E-state index in [-0.39, 0.29) is 6.17 Å². The number of hydrazine groups is 1. The molecule has 128 valence electrons. The molecule has 2 aromatic carbocycles. The van der Waals surface area contributed by atoms with E-state index in [1.165, 1.54) is 16.5 Å². The molecule has 0 saturated carbocycles. The molecule has 1 fully saturated rings. The van der Waals surface area contributed by atoms with Crippen LogP contribution in [0, 0.1) is 0 Å². The maximum atomic E-state index is 6.31. The number of allylic oxidation sites excluding steroid dienone is 1. The molecule has 0 bridgehead atoms. The Balaban J connectivity index is 1.50. The number of amidine groups is 1. The van der Waals surface area contributed by atoms with Gasteiger partial charge in [0.15, 0.2) is 6.17 Å².